The Morgan fingerprint density at radius 1 is 0.868 bits per heavy atom. The molecule has 6 rings (SSSR count). The number of halogens is 3. The number of fused-ring (bicyclic) bond motifs is 2. The van der Waals surface area contributed by atoms with Crippen LogP contribution in [0.2, 0.25) is 0 Å². The van der Waals surface area contributed by atoms with Crippen LogP contribution in [0, 0.1) is 11.8 Å². The molecule has 1 saturated heterocycles. The summed E-state index contributed by atoms with van der Waals surface area (Å²) in [5.74, 6) is -5.03. The number of ether oxygens (including phenoxy) is 1. The number of aliphatic hydroxyl groups is 1. The number of aliphatic hydroxyl groups excluding tert-OH is 1. The number of benzene rings is 2. The molecule has 1 aromatic heterocycles. The molecule has 2 aromatic carbocycles. The van der Waals surface area contributed by atoms with Gasteiger partial charge < -0.3 is 9.84 Å². The predicted octanol–water partition coefficient (Wildman–Crippen LogP) is 4.45. The Labute approximate surface area is 212 Å². The minimum atomic E-state index is -4.90. The van der Waals surface area contributed by atoms with Crippen LogP contribution in [0.4, 0.5) is 18.9 Å². The Bertz CT molecular complexity index is 1560. The smallest absolute Gasteiger partial charge is 0.506 e. The van der Waals surface area contributed by atoms with Gasteiger partial charge in [0.25, 0.3) is 0 Å². The number of Topliss-reactive ketones (excluding diaryl/α,β-unsaturated/α-hetero) is 1. The number of imide groups is 1. The highest BCUT2D eigenvalue weighted by Crippen LogP contribution is 2.49. The molecule has 0 unspecified atom stereocenters. The van der Waals surface area contributed by atoms with Gasteiger partial charge in [0.2, 0.25) is 11.8 Å². The molecule has 3 atom stereocenters. The number of aliphatic imine (C=N–C) groups is 1. The van der Waals surface area contributed by atoms with Crippen molar-refractivity contribution < 1.29 is 37.4 Å². The third kappa shape index (κ3) is 3.58. The second-order valence-electron chi connectivity index (χ2n) is 8.87. The molecule has 3 heterocycles. The van der Waals surface area contributed by atoms with E-state index in [4.69, 9.17) is 0 Å². The molecule has 190 valence electrons. The summed E-state index contributed by atoms with van der Waals surface area (Å²) < 4.78 is 41.6. The van der Waals surface area contributed by atoms with Crippen LogP contribution in [0.5, 0.6) is 5.75 Å². The maximum Gasteiger partial charge on any atom is 0.573 e. The molecule has 38 heavy (non-hydrogen) atoms. The van der Waals surface area contributed by atoms with Crippen LogP contribution in [-0.4, -0.2) is 39.8 Å². The zero-order valence-corrected chi connectivity index (χ0v) is 19.2. The Hall–Kier alpha value is -4.80. The van der Waals surface area contributed by atoms with Crippen LogP contribution in [0.25, 0.3) is 5.76 Å². The Balaban J connectivity index is 1.43. The van der Waals surface area contributed by atoms with Crippen LogP contribution in [0.15, 0.2) is 83.5 Å². The quantitative estimate of drug-likeness (QED) is 0.511. The Kier molecular flexibility index (Phi) is 5.20. The third-order valence-electron chi connectivity index (χ3n) is 6.73. The third-order valence-corrected chi connectivity index (χ3v) is 6.73. The van der Waals surface area contributed by atoms with Gasteiger partial charge in [-0.05, 0) is 36.4 Å². The molecule has 3 aliphatic rings. The number of rotatable bonds is 4. The molecule has 1 aliphatic carbocycles. The van der Waals surface area contributed by atoms with Crippen LogP contribution in [0.1, 0.15) is 27.7 Å². The van der Waals surface area contributed by atoms with Crippen molar-refractivity contribution in [2.45, 2.75) is 12.4 Å². The first-order chi connectivity index (χ1) is 18.2. The maximum absolute atomic E-state index is 13.7. The summed E-state index contributed by atoms with van der Waals surface area (Å²) in [6.45, 7) is 0. The van der Waals surface area contributed by atoms with Crippen molar-refractivity contribution in [3.05, 3.63) is 95.3 Å². The first kappa shape index (κ1) is 23.6. The molecular formula is C27H16F3N3O5. The second-order valence-corrected chi connectivity index (χ2v) is 8.87. The number of anilines is 1. The molecule has 0 radical (unpaired) electrons. The van der Waals surface area contributed by atoms with Gasteiger partial charge >= 0.3 is 6.36 Å². The SMILES string of the molecule is O=C1C(C2=N[C@@H](c3ccccn3)[C@H]3C(=O)N(c4ccc(OC(F)(F)F)cc4)C(=O)[C@H]23)=C(O)c2ccccc21. The van der Waals surface area contributed by atoms with E-state index in [1.165, 1.54) is 6.20 Å². The zero-order valence-electron chi connectivity index (χ0n) is 19.2. The minimum Gasteiger partial charge on any atom is -0.506 e. The van der Waals surface area contributed by atoms with E-state index in [0.717, 1.165) is 29.2 Å². The first-order valence-electron chi connectivity index (χ1n) is 11.5. The fourth-order valence-electron chi connectivity index (χ4n) is 5.18. The van der Waals surface area contributed by atoms with Crippen LogP contribution in [-0.2, 0) is 9.59 Å². The van der Waals surface area contributed by atoms with Gasteiger partial charge in [0.05, 0.1) is 34.5 Å². The normalized spacial score (nSPS) is 22.6. The van der Waals surface area contributed by atoms with Gasteiger partial charge in [-0.2, -0.15) is 0 Å². The van der Waals surface area contributed by atoms with E-state index in [-0.39, 0.29) is 28.3 Å². The number of hydrogen-bond donors (Lipinski definition) is 1. The molecule has 1 fully saturated rings. The zero-order chi connectivity index (χ0) is 26.8. The number of nitrogens with zero attached hydrogens (tertiary/aromatic N) is 3. The fourth-order valence-corrected chi connectivity index (χ4v) is 5.18. The molecule has 0 spiro atoms. The molecule has 8 nitrogen and oxygen atoms in total. The first-order valence-corrected chi connectivity index (χ1v) is 11.5. The molecular weight excluding hydrogens is 503 g/mol. The summed E-state index contributed by atoms with van der Waals surface area (Å²) in [6, 6.07) is 14.8. The lowest BCUT2D eigenvalue weighted by atomic mass is 9.84. The van der Waals surface area contributed by atoms with Gasteiger partial charge in [0, 0.05) is 17.3 Å². The molecule has 0 saturated carbocycles. The number of aromatic nitrogens is 1. The highest BCUT2D eigenvalue weighted by molar-refractivity contribution is 6.42. The van der Waals surface area contributed by atoms with E-state index in [0.29, 0.717) is 11.3 Å². The molecule has 2 amide bonds. The number of allylic oxidation sites excluding steroid dienone is 1. The number of carbonyl (C=O) groups excluding carboxylic acids is 3. The molecule has 11 heteroatoms. The predicted molar refractivity (Wildman–Crippen MR) is 127 cm³/mol. The summed E-state index contributed by atoms with van der Waals surface area (Å²) >= 11 is 0. The molecule has 0 bridgehead atoms. The number of hydrogen-bond acceptors (Lipinski definition) is 7. The largest absolute Gasteiger partial charge is 0.573 e. The highest BCUT2D eigenvalue weighted by atomic mass is 19.4. The Morgan fingerprint density at radius 2 is 1.55 bits per heavy atom. The molecule has 2 aliphatic heterocycles. The summed E-state index contributed by atoms with van der Waals surface area (Å²) in [7, 11) is 0. The maximum atomic E-state index is 13.7. The topological polar surface area (TPSA) is 109 Å². The number of carbonyl (C=O) groups is 3. The van der Waals surface area contributed by atoms with Crippen molar-refractivity contribution in [3.8, 4) is 5.75 Å². The average Bonchev–Trinajstić information content (AvgIpc) is 3.49. The van der Waals surface area contributed by atoms with Crippen LogP contribution in [0.3, 0.4) is 0 Å². The van der Waals surface area contributed by atoms with Crippen molar-refractivity contribution in [1.29, 1.82) is 0 Å². The van der Waals surface area contributed by atoms with Crippen molar-refractivity contribution in [1.82, 2.24) is 4.98 Å². The summed E-state index contributed by atoms with van der Waals surface area (Å²) in [6.07, 6.45) is -3.40. The number of amides is 2. The van der Waals surface area contributed by atoms with Gasteiger partial charge in [0.15, 0.2) is 5.78 Å². The van der Waals surface area contributed by atoms with Crippen molar-refractivity contribution >= 4 is 34.8 Å². The number of ketones is 1. The lowest BCUT2D eigenvalue weighted by Gasteiger charge is -2.18. The van der Waals surface area contributed by atoms with E-state index in [1.54, 1.807) is 42.5 Å². The van der Waals surface area contributed by atoms with Crippen LogP contribution >= 0.6 is 0 Å². The van der Waals surface area contributed by atoms with Gasteiger partial charge in [-0.1, -0.05) is 30.3 Å². The highest BCUT2D eigenvalue weighted by Gasteiger charge is 2.59. The second kappa shape index (κ2) is 8.37. The van der Waals surface area contributed by atoms with E-state index in [1.807, 2.05) is 0 Å². The number of pyridine rings is 1. The van der Waals surface area contributed by atoms with Crippen molar-refractivity contribution in [3.63, 3.8) is 0 Å². The van der Waals surface area contributed by atoms with Gasteiger partial charge in [-0.3, -0.25) is 24.4 Å². The lowest BCUT2D eigenvalue weighted by Crippen LogP contribution is -2.33. The van der Waals surface area contributed by atoms with Gasteiger partial charge in [-0.15, -0.1) is 13.2 Å². The summed E-state index contributed by atoms with van der Waals surface area (Å²) in [5, 5.41) is 11.0. The van der Waals surface area contributed by atoms with Crippen LogP contribution < -0.4 is 9.64 Å². The Morgan fingerprint density at radius 3 is 2.18 bits per heavy atom. The minimum absolute atomic E-state index is 0.0257. The van der Waals surface area contributed by atoms with E-state index < -0.39 is 47.6 Å². The fraction of sp³-hybridized carbons (Fsp3) is 0.148. The monoisotopic (exact) mass is 519 g/mol. The summed E-state index contributed by atoms with van der Waals surface area (Å²) in [4.78, 5) is 50.4. The van der Waals surface area contributed by atoms with Gasteiger partial charge in [0.1, 0.15) is 17.6 Å². The lowest BCUT2D eigenvalue weighted by molar-refractivity contribution is -0.274. The van der Waals surface area contributed by atoms with Crippen molar-refractivity contribution in [2.24, 2.45) is 16.8 Å². The van der Waals surface area contributed by atoms with E-state index in [9.17, 15) is 32.7 Å². The summed E-state index contributed by atoms with van der Waals surface area (Å²) in [5.41, 5.74) is 0.773. The van der Waals surface area contributed by atoms with Gasteiger partial charge in [-0.25, -0.2) is 4.90 Å². The molecule has 3 aromatic rings. The van der Waals surface area contributed by atoms with Crippen molar-refractivity contribution in [2.75, 3.05) is 4.90 Å². The van der Waals surface area contributed by atoms with E-state index >= 15 is 0 Å². The average molecular weight is 519 g/mol. The van der Waals surface area contributed by atoms with E-state index in [2.05, 4.69) is 14.7 Å². The molecule has 1 N–H and O–H groups in total. The number of alkyl halides is 3. The standard InChI is InChI=1S/C27H16F3N3O5/c28-27(29,30)38-14-10-8-13(9-11-14)33-25(36)18-19(26(33)37)22(32-21(18)17-7-3-4-12-31-17)20-23(34)15-5-1-2-6-16(15)24(20)35/h1-12,18-19,21,34H/t18-,19-,21-/m0/s1.